The maximum absolute atomic E-state index is 13.7. The Morgan fingerprint density at radius 3 is 2.31 bits per heavy atom. The van der Waals surface area contributed by atoms with Crippen molar-refractivity contribution in [2.24, 2.45) is 0 Å². The quantitative estimate of drug-likeness (QED) is 0.789. The van der Waals surface area contributed by atoms with E-state index in [-0.39, 0.29) is 0 Å². The molecular formula is C18H17F3N2O3. The molecule has 0 spiro atoms. The lowest BCUT2D eigenvalue weighted by molar-refractivity contribution is 0.247. The number of halogens is 3. The van der Waals surface area contributed by atoms with Gasteiger partial charge >= 0.3 is 6.03 Å². The van der Waals surface area contributed by atoms with E-state index in [1.807, 2.05) is 0 Å². The summed E-state index contributed by atoms with van der Waals surface area (Å²) in [5.74, 6) is -3.33. The van der Waals surface area contributed by atoms with Crippen molar-refractivity contribution < 1.29 is 27.4 Å². The molecule has 2 aromatic rings. The second-order valence-corrected chi connectivity index (χ2v) is 5.95. The molecule has 0 unspecified atom stereocenters. The van der Waals surface area contributed by atoms with Gasteiger partial charge in [-0.05, 0) is 42.7 Å². The number of ether oxygens (including phenoxy) is 2. The van der Waals surface area contributed by atoms with E-state index < -0.39 is 34.7 Å². The number of hydrogen-bond acceptors (Lipinski definition) is 3. The molecule has 1 fully saturated rings. The Morgan fingerprint density at radius 1 is 1.00 bits per heavy atom. The smallest absolute Gasteiger partial charge is 0.320 e. The Kier molecular flexibility index (Phi) is 4.67. The van der Waals surface area contributed by atoms with Gasteiger partial charge in [-0.15, -0.1) is 0 Å². The molecule has 3 rings (SSSR count). The average molecular weight is 366 g/mol. The largest absolute Gasteiger partial charge is 0.493 e. The summed E-state index contributed by atoms with van der Waals surface area (Å²) < 4.78 is 50.4. The van der Waals surface area contributed by atoms with Crippen molar-refractivity contribution in [3.8, 4) is 11.5 Å². The highest BCUT2D eigenvalue weighted by molar-refractivity contribution is 5.90. The predicted octanol–water partition coefficient (Wildman–Crippen LogP) is 3.93. The molecule has 2 N–H and O–H groups in total. The molecule has 5 nitrogen and oxygen atoms in total. The zero-order valence-electron chi connectivity index (χ0n) is 14.2. The third kappa shape index (κ3) is 3.26. The first kappa shape index (κ1) is 17.9. The van der Waals surface area contributed by atoms with Gasteiger partial charge in [0.05, 0.1) is 25.4 Å². The summed E-state index contributed by atoms with van der Waals surface area (Å²) in [4.78, 5) is 12.2. The van der Waals surface area contributed by atoms with Crippen LogP contribution in [0, 0.1) is 17.5 Å². The molecule has 2 amide bonds. The number of urea groups is 1. The average Bonchev–Trinajstić information content (AvgIpc) is 3.42. The van der Waals surface area contributed by atoms with E-state index in [9.17, 15) is 18.0 Å². The normalized spacial score (nSPS) is 14.5. The third-order valence-corrected chi connectivity index (χ3v) is 4.32. The fraction of sp³-hybridized carbons (Fsp3) is 0.278. The highest BCUT2D eigenvalue weighted by Gasteiger charge is 2.46. The van der Waals surface area contributed by atoms with E-state index in [0.29, 0.717) is 24.3 Å². The Bertz CT molecular complexity index is 854. The number of hydrogen-bond donors (Lipinski definition) is 2. The van der Waals surface area contributed by atoms with Crippen LogP contribution in [0.2, 0.25) is 0 Å². The minimum atomic E-state index is -1.64. The van der Waals surface area contributed by atoms with Crippen LogP contribution >= 0.6 is 0 Å². The number of carbonyl (C=O) groups excluding carboxylic acids is 1. The van der Waals surface area contributed by atoms with Crippen LogP contribution in [0.4, 0.5) is 23.7 Å². The van der Waals surface area contributed by atoms with Gasteiger partial charge in [0.1, 0.15) is 0 Å². The molecule has 1 saturated carbocycles. The Morgan fingerprint density at radius 2 is 1.69 bits per heavy atom. The van der Waals surface area contributed by atoms with Crippen molar-refractivity contribution in [3.05, 3.63) is 53.3 Å². The fourth-order valence-electron chi connectivity index (χ4n) is 2.74. The van der Waals surface area contributed by atoms with E-state index in [1.165, 1.54) is 14.2 Å². The maximum Gasteiger partial charge on any atom is 0.320 e. The molecule has 0 aliphatic heterocycles. The summed E-state index contributed by atoms with van der Waals surface area (Å²) in [6, 6.07) is 6.26. The molecule has 2 aromatic carbocycles. The number of methoxy groups -OCH3 is 2. The van der Waals surface area contributed by atoms with Gasteiger partial charge in [-0.25, -0.2) is 18.0 Å². The van der Waals surface area contributed by atoms with Crippen LogP contribution in [0.3, 0.4) is 0 Å². The fourth-order valence-corrected chi connectivity index (χ4v) is 2.74. The summed E-state index contributed by atoms with van der Waals surface area (Å²) in [6.07, 6.45) is 1.35. The van der Waals surface area contributed by atoms with Gasteiger partial charge in [-0.2, -0.15) is 0 Å². The molecule has 0 saturated heterocycles. The van der Waals surface area contributed by atoms with Gasteiger partial charge in [0.2, 0.25) is 0 Å². The van der Waals surface area contributed by atoms with E-state index in [4.69, 9.17) is 9.47 Å². The van der Waals surface area contributed by atoms with Crippen LogP contribution in [-0.2, 0) is 5.54 Å². The zero-order chi connectivity index (χ0) is 18.9. The third-order valence-electron chi connectivity index (χ3n) is 4.32. The summed E-state index contributed by atoms with van der Waals surface area (Å²) in [5.41, 5.74) is -0.265. The number of amides is 2. The molecule has 8 heteroatoms. The Balaban J connectivity index is 1.76. The highest BCUT2D eigenvalue weighted by atomic mass is 19.2. The lowest BCUT2D eigenvalue weighted by atomic mass is 10.0. The van der Waals surface area contributed by atoms with E-state index in [1.54, 1.807) is 18.2 Å². The topological polar surface area (TPSA) is 59.6 Å². The first-order chi connectivity index (χ1) is 12.4. The number of benzene rings is 2. The molecule has 138 valence electrons. The van der Waals surface area contributed by atoms with Gasteiger partial charge in [-0.3, -0.25) is 0 Å². The number of nitrogens with one attached hydrogen (secondary N) is 2. The maximum atomic E-state index is 13.7. The molecular weight excluding hydrogens is 349 g/mol. The van der Waals surface area contributed by atoms with Gasteiger partial charge in [0, 0.05) is 0 Å². The standard InChI is InChI=1S/C18H17F3N2O3/c1-25-13-6-3-10(9-14(13)26-2)18(7-8-18)23-17(24)22-12-5-4-11(19)15(20)16(12)21/h3-6,9H,7-8H2,1-2H3,(H2,22,23,24). The first-order valence-corrected chi connectivity index (χ1v) is 7.85. The SMILES string of the molecule is COc1ccc(C2(NC(=O)Nc3ccc(F)c(F)c3F)CC2)cc1OC. The molecule has 1 aliphatic carbocycles. The van der Waals surface area contributed by atoms with Crippen LogP contribution in [-0.4, -0.2) is 20.3 Å². The Labute approximate surface area is 148 Å². The summed E-state index contributed by atoms with van der Waals surface area (Å²) in [6.45, 7) is 0. The molecule has 0 bridgehead atoms. The Hall–Kier alpha value is -2.90. The summed E-state index contributed by atoms with van der Waals surface area (Å²) in [7, 11) is 3.03. The van der Waals surface area contributed by atoms with Crippen molar-refractivity contribution in [2.45, 2.75) is 18.4 Å². The lowest BCUT2D eigenvalue weighted by Gasteiger charge is -2.20. The van der Waals surface area contributed by atoms with Crippen LogP contribution < -0.4 is 20.1 Å². The first-order valence-electron chi connectivity index (χ1n) is 7.85. The van der Waals surface area contributed by atoms with E-state index >= 15 is 0 Å². The molecule has 0 heterocycles. The van der Waals surface area contributed by atoms with Gasteiger partial charge in [0.25, 0.3) is 0 Å². The summed E-state index contributed by atoms with van der Waals surface area (Å²) in [5, 5.41) is 4.96. The number of anilines is 1. The van der Waals surface area contributed by atoms with Crippen molar-refractivity contribution >= 4 is 11.7 Å². The molecule has 1 aliphatic rings. The van der Waals surface area contributed by atoms with Gasteiger partial charge < -0.3 is 20.1 Å². The van der Waals surface area contributed by atoms with Crippen LogP contribution in [0.5, 0.6) is 11.5 Å². The monoisotopic (exact) mass is 366 g/mol. The van der Waals surface area contributed by atoms with Crippen LogP contribution in [0.1, 0.15) is 18.4 Å². The van der Waals surface area contributed by atoms with Crippen LogP contribution in [0.25, 0.3) is 0 Å². The van der Waals surface area contributed by atoms with Crippen molar-refractivity contribution in [1.29, 1.82) is 0 Å². The second kappa shape index (κ2) is 6.78. The summed E-state index contributed by atoms with van der Waals surface area (Å²) >= 11 is 0. The van der Waals surface area contributed by atoms with Crippen LogP contribution in [0.15, 0.2) is 30.3 Å². The minimum Gasteiger partial charge on any atom is -0.493 e. The second-order valence-electron chi connectivity index (χ2n) is 5.95. The van der Waals surface area contributed by atoms with Crippen molar-refractivity contribution in [3.63, 3.8) is 0 Å². The highest BCUT2D eigenvalue weighted by Crippen LogP contribution is 2.47. The molecule has 26 heavy (non-hydrogen) atoms. The van der Waals surface area contributed by atoms with Gasteiger partial charge in [-0.1, -0.05) is 6.07 Å². The molecule has 0 aromatic heterocycles. The number of carbonyl (C=O) groups is 1. The van der Waals surface area contributed by atoms with E-state index in [2.05, 4.69) is 10.6 Å². The molecule has 0 radical (unpaired) electrons. The number of rotatable bonds is 5. The zero-order valence-corrected chi connectivity index (χ0v) is 14.2. The van der Waals surface area contributed by atoms with Crippen molar-refractivity contribution in [2.75, 3.05) is 19.5 Å². The van der Waals surface area contributed by atoms with Gasteiger partial charge in [0.15, 0.2) is 29.0 Å². The molecule has 0 atom stereocenters. The predicted molar refractivity (Wildman–Crippen MR) is 88.9 cm³/mol. The minimum absolute atomic E-state index is 0.440. The lowest BCUT2D eigenvalue weighted by Crippen LogP contribution is -2.38. The van der Waals surface area contributed by atoms with Crippen molar-refractivity contribution in [1.82, 2.24) is 5.32 Å². The van der Waals surface area contributed by atoms with E-state index in [0.717, 1.165) is 17.7 Å².